The minimum Gasteiger partial charge on any atom is -0.508 e. The fourth-order valence-electron chi connectivity index (χ4n) is 0.785. The van der Waals surface area contributed by atoms with E-state index in [1.807, 2.05) is 0 Å². The van der Waals surface area contributed by atoms with Gasteiger partial charge in [-0.2, -0.15) is 0 Å². The van der Waals surface area contributed by atoms with E-state index in [2.05, 4.69) is 0 Å². The summed E-state index contributed by atoms with van der Waals surface area (Å²) in [6, 6.07) is 6.60. The SMILES string of the molecule is C[C@@H](O)c1cccc(O)c1. The van der Waals surface area contributed by atoms with Gasteiger partial charge in [0.2, 0.25) is 0 Å². The molecule has 0 heterocycles. The second-order valence-corrected chi connectivity index (χ2v) is 2.27. The summed E-state index contributed by atoms with van der Waals surface area (Å²) in [5, 5.41) is 18.0. The average molecular weight is 138 g/mol. The number of aliphatic hydroxyl groups is 1. The van der Waals surface area contributed by atoms with Crippen LogP contribution in [0.25, 0.3) is 0 Å². The number of phenolic OH excluding ortho intramolecular Hbond substituents is 1. The molecule has 0 unspecified atom stereocenters. The maximum atomic E-state index is 9.04. The third-order valence-electron chi connectivity index (χ3n) is 1.35. The van der Waals surface area contributed by atoms with Crippen molar-refractivity contribution in [1.29, 1.82) is 0 Å². The first kappa shape index (κ1) is 7.09. The van der Waals surface area contributed by atoms with Crippen molar-refractivity contribution in [3.05, 3.63) is 29.8 Å². The van der Waals surface area contributed by atoms with Crippen LogP contribution in [0.1, 0.15) is 18.6 Å². The summed E-state index contributed by atoms with van der Waals surface area (Å²) in [6.07, 6.45) is -0.507. The zero-order chi connectivity index (χ0) is 7.56. The van der Waals surface area contributed by atoms with Crippen molar-refractivity contribution >= 4 is 0 Å². The van der Waals surface area contributed by atoms with Crippen LogP contribution in [0.3, 0.4) is 0 Å². The molecule has 0 fully saturated rings. The zero-order valence-electron chi connectivity index (χ0n) is 5.78. The van der Waals surface area contributed by atoms with Gasteiger partial charge in [-0.1, -0.05) is 12.1 Å². The van der Waals surface area contributed by atoms with Gasteiger partial charge in [0.05, 0.1) is 6.10 Å². The van der Waals surface area contributed by atoms with E-state index in [0.29, 0.717) is 0 Å². The Balaban J connectivity index is 2.96. The molecule has 1 atom stereocenters. The van der Waals surface area contributed by atoms with Crippen LogP contribution in [-0.4, -0.2) is 10.2 Å². The van der Waals surface area contributed by atoms with E-state index in [9.17, 15) is 0 Å². The zero-order valence-corrected chi connectivity index (χ0v) is 5.78. The van der Waals surface area contributed by atoms with Gasteiger partial charge < -0.3 is 10.2 Å². The molecule has 0 aliphatic carbocycles. The van der Waals surface area contributed by atoms with Crippen molar-refractivity contribution < 1.29 is 10.2 Å². The molecule has 1 aromatic rings. The molecule has 1 rings (SSSR count). The van der Waals surface area contributed by atoms with E-state index in [1.165, 1.54) is 0 Å². The van der Waals surface area contributed by atoms with Crippen molar-refractivity contribution in [2.24, 2.45) is 0 Å². The minimum atomic E-state index is -0.507. The van der Waals surface area contributed by atoms with Crippen LogP contribution in [0.5, 0.6) is 5.75 Å². The van der Waals surface area contributed by atoms with Crippen LogP contribution in [0.2, 0.25) is 0 Å². The summed E-state index contributed by atoms with van der Waals surface area (Å²) in [4.78, 5) is 0. The predicted octanol–water partition coefficient (Wildman–Crippen LogP) is 1.45. The third-order valence-corrected chi connectivity index (χ3v) is 1.35. The molecule has 2 N–H and O–H groups in total. The highest BCUT2D eigenvalue weighted by atomic mass is 16.3. The number of phenols is 1. The van der Waals surface area contributed by atoms with Crippen LogP contribution >= 0.6 is 0 Å². The lowest BCUT2D eigenvalue weighted by Crippen LogP contribution is -1.88. The Labute approximate surface area is 59.7 Å². The van der Waals surface area contributed by atoms with Gasteiger partial charge in [0, 0.05) is 0 Å². The van der Waals surface area contributed by atoms with Crippen LogP contribution in [0.15, 0.2) is 24.3 Å². The molecular formula is C8H10O2. The van der Waals surface area contributed by atoms with Gasteiger partial charge in [0.25, 0.3) is 0 Å². The number of aliphatic hydroxyl groups excluding tert-OH is 1. The van der Waals surface area contributed by atoms with Crippen LogP contribution in [-0.2, 0) is 0 Å². The van der Waals surface area contributed by atoms with Gasteiger partial charge >= 0.3 is 0 Å². The lowest BCUT2D eigenvalue weighted by Gasteiger charge is -2.02. The molecule has 0 aromatic heterocycles. The number of hydrogen-bond acceptors (Lipinski definition) is 2. The predicted molar refractivity (Wildman–Crippen MR) is 38.7 cm³/mol. The van der Waals surface area contributed by atoms with Crippen LogP contribution in [0, 0.1) is 0 Å². The molecule has 0 aliphatic heterocycles. The second-order valence-electron chi connectivity index (χ2n) is 2.27. The minimum absolute atomic E-state index is 0.193. The van der Waals surface area contributed by atoms with Crippen molar-refractivity contribution in [3.8, 4) is 5.75 Å². The smallest absolute Gasteiger partial charge is 0.115 e. The molecule has 2 nitrogen and oxygen atoms in total. The van der Waals surface area contributed by atoms with Crippen molar-refractivity contribution in [2.45, 2.75) is 13.0 Å². The molecule has 0 aliphatic rings. The molecule has 0 saturated carbocycles. The molecule has 0 bridgehead atoms. The first-order valence-electron chi connectivity index (χ1n) is 3.17. The molecule has 10 heavy (non-hydrogen) atoms. The normalized spacial score (nSPS) is 13.0. The molecule has 0 saturated heterocycles. The van der Waals surface area contributed by atoms with Gasteiger partial charge in [-0.25, -0.2) is 0 Å². The summed E-state index contributed by atoms with van der Waals surface area (Å²) in [7, 11) is 0. The topological polar surface area (TPSA) is 40.5 Å². The second kappa shape index (κ2) is 2.71. The average Bonchev–Trinajstić information content (AvgIpc) is 1.88. The summed E-state index contributed by atoms with van der Waals surface area (Å²) >= 11 is 0. The van der Waals surface area contributed by atoms with Crippen molar-refractivity contribution in [2.75, 3.05) is 0 Å². The lowest BCUT2D eigenvalue weighted by atomic mass is 10.1. The molecule has 2 heteroatoms. The molecule has 0 radical (unpaired) electrons. The van der Waals surface area contributed by atoms with E-state index in [0.717, 1.165) is 5.56 Å². The van der Waals surface area contributed by atoms with E-state index in [1.54, 1.807) is 31.2 Å². The fraction of sp³-hybridized carbons (Fsp3) is 0.250. The Morgan fingerprint density at radius 3 is 2.50 bits per heavy atom. The number of rotatable bonds is 1. The summed E-state index contributed by atoms with van der Waals surface area (Å²) in [5.74, 6) is 0.193. The fourth-order valence-corrected chi connectivity index (χ4v) is 0.785. The maximum Gasteiger partial charge on any atom is 0.115 e. The Hall–Kier alpha value is -1.02. The molecule has 0 amide bonds. The Morgan fingerprint density at radius 1 is 1.40 bits per heavy atom. The van der Waals surface area contributed by atoms with Gasteiger partial charge in [0.15, 0.2) is 0 Å². The lowest BCUT2D eigenvalue weighted by molar-refractivity contribution is 0.199. The van der Waals surface area contributed by atoms with Gasteiger partial charge in [-0.3, -0.25) is 0 Å². The molecular weight excluding hydrogens is 128 g/mol. The highest BCUT2D eigenvalue weighted by Crippen LogP contribution is 2.16. The standard InChI is InChI=1S/C8H10O2/c1-6(9)7-3-2-4-8(10)5-7/h2-6,9-10H,1H3/t6-/m1/s1. The maximum absolute atomic E-state index is 9.04. The van der Waals surface area contributed by atoms with Crippen LogP contribution < -0.4 is 0 Å². The molecule has 0 spiro atoms. The molecule has 54 valence electrons. The number of hydrogen-bond donors (Lipinski definition) is 2. The van der Waals surface area contributed by atoms with Crippen molar-refractivity contribution in [1.82, 2.24) is 0 Å². The van der Waals surface area contributed by atoms with E-state index in [4.69, 9.17) is 10.2 Å². The first-order chi connectivity index (χ1) is 4.70. The quantitative estimate of drug-likeness (QED) is 0.616. The number of benzene rings is 1. The van der Waals surface area contributed by atoms with Crippen LogP contribution in [0.4, 0.5) is 0 Å². The summed E-state index contributed by atoms with van der Waals surface area (Å²) in [5.41, 5.74) is 0.736. The van der Waals surface area contributed by atoms with E-state index < -0.39 is 6.10 Å². The number of aromatic hydroxyl groups is 1. The van der Waals surface area contributed by atoms with Crippen molar-refractivity contribution in [3.63, 3.8) is 0 Å². The molecule has 1 aromatic carbocycles. The summed E-state index contributed by atoms with van der Waals surface area (Å²) < 4.78 is 0. The summed E-state index contributed by atoms with van der Waals surface area (Å²) in [6.45, 7) is 1.66. The Kier molecular flexibility index (Phi) is 1.92. The Morgan fingerprint density at radius 2 is 2.10 bits per heavy atom. The van der Waals surface area contributed by atoms with E-state index >= 15 is 0 Å². The van der Waals surface area contributed by atoms with E-state index in [-0.39, 0.29) is 5.75 Å². The Bertz CT molecular complexity index is 218. The third kappa shape index (κ3) is 1.48. The van der Waals surface area contributed by atoms with Gasteiger partial charge in [0.1, 0.15) is 5.75 Å². The van der Waals surface area contributed by atoms with Gasteiger partial charge in [-0.05, 0) is 24.6 Å². The monoisotopic (exact) mass is 138 g/mol. The highest BCUT2D eigenvalue weighted by molar-refractivity contribution is 5.28. The largest absolute Gasteiger partial charge is 0.508 e. The highest BCUT2D eigenvalue weighted by Gasteiger charge is 1.98. The van der Waals surface area contributed by atoms with Gasteiger partial charge in [-0.15, -0.1) is 0 Å². The first-order valence-corrected chi connectivity index (χ1v) is 3.17.